The molecule has 0 aromatic carbocycles. The summed E-state index contributed by atoms with van der Waals surface area (Å²) in [5, 5.41) is 20.3. The number of rotatable bonds is 2. The molecule has 2 aliphatic carbocycles. The second-order valence-corrected chi connectivity index (χ2v) is 6.25. The molecule has 3 atom stereocenters. The molecule has 124 valence electrons. The van der Waals surface area contributed by atoms with Crippen molar-refractivity contribution >= 4 is 11.6 Å². The lowest BCUT2D eigenvalue weighted by atomic mass is 9.63. The average Bonchev–Trinajstić information content (AvgIpc) is 2.50. The molecule has 6 nitrogen and oxygen atoms in total. The van der Waals surface area contributed by atoms with Crippen molar-refractivity contribution in [2.24, 2.45) is 5.41 Å². The standard InChI is InChI=1S/C17H21NO5/c1-3-23-12-9-11(20)15-14(16(12)22)17(6-7-18(15)2)5-4-10(19)8-13(17)21/h4-5,9-10,13,19,21H,3,6-8H2,1-2H3/t10-,13-,17-/m0/s1. The maximum atomic E-state index is 12.9. The smallest absolute Gasteiger partial charge is 0.226 e. The van der Waals surface area contributed by atoms with E-state index in [0.717, 1.165) is 0 Å². The van der Waals surface area contributed by atoms with E-state index in [2.05, 4.69) is 0 Å². The van der Waals surface area contributed by atoms with Gasteiger partial charge in [-0.05, 0) is 13.3 Å². The first-order chi connectivity index (χ1) is 10.9. The van der Waals surface area contributed by atoms with Crippen LogP contribution in [0.15, 0.2) is 35.3 Å². The van der Waals surface area contributed by atoms with Gasteiger partial charge < -0.3 is 19.8 Å². The highest BCUT2D eigenvalue weighted by atomic mass is 16.5. The zero-order chi connectivity index (χ0) is 16.8. The lowest BCUT2D eigenvalue weighted by Gasteiger charge is -2.47. The van der Waals surface area contributed by atoms with Crippen LogP contribution in [-0.2, 0) is 14.3 Å². The number of ketones is 2. The normalized spacial score (nSPS) is 33.9. The quantitative estimate of drug-likeness (QED) is 0.563. The zero-order valence-corrected chi connectivity index (χ0v) is 13.3. The molecule has 6 heteroatoms. The fraction of sp³-hybridized carbons (Fsp3) is 0.529. The topological polar surface area (TPSA) is 87.1 Å². The molecule has 0 fully saturated rings. The van der Waals surface area contributed by atoms with Gasteiger partial charge in [-0.2, -0.15) is 0 Å². The number of carbonyl (C=O) groups excluding carboxylic acids is 2. The maximum absolute atomic E-state index is 12.9. The minimum Gasteiger partial charge on any atom is -0.490 e. The van der Waals surface area contributed by atoms with Gasteiger partial charge in [-0.15, -0.1) is 0 Å². The van der Waals surface area contributed by atoms with Crippen molar-refractivity contribution in [3.05, 3.63) is 35.3 Å². The number of likely N-dealkylation sites (N-methyl/N-ethyl adjacent to an activating group) is 1. The third kappa shape index (κ3) is 2.33. The Balaban J connectivity index is 2.16. The van der Waals surface area contributed by atoms with Crippen LogP contribution in [0, 0.1) is 5.41 Å². The molecular weight excluding hydrogens is 298 g/mol. The van der Waals surface area contributed by atoms with E-state index in [1.165, 1.54) is 6.08 Å². The van der Waals surface area contributed by atoms with Crippen LogP contribution in [0.3, 0.4) is 0 Å². The zero-order valence-electron chi connectivity index (χ0n) is 13.3. The second kappa shape index (κ2) is 5.62. The number of allylic oxidation sites excluding steroid dienone is 2. The van der Waals surface area contributed by atoms with Crippen molar-refractivity contribution in [2.45, 2.75) is 32.0 Å². The molecule has 0 bridgehead atoms. The molecule has 1 spiro atoms. The summed E-state index contributed by atoms with van der Waals surface area (Å²) in [6, 6.07) is 0. The number of hydrogen-bond donors (Lipinski definition) is 2. The van der Waals surface area contributed by atoms with Gasteiger partial charge in [0.15, 0.2) is 5.76 Å². The molecule has 1 heterocycles. The Labute approximate surface area is 134 Å². The van der Waals surface area contributed by atoms with Crippen molar-refractivity contribution in [3.8, 4) is 0 Å². The molecule has 0 aromatic heterocycles. The number of aliphatic hydroxyl groups excluding tert-OH is 2. The molecule has 0 amide bonds. The fourth-order valence-corrected chi connectivity index (χ4v) is 3.68. The average molecular weight is 319 g/mol. The number of hydrogen-bond acceptors (Lipinski definition) is 6. The maximum Gasteiger partial charge on any atom is 0.226 e. The summed E-state index contributed by atoms with van der Waals surface area (Å²) in [5.74, 6) is -0.609. The minimum absolute atomic E-state index is 0.0256. The number of carbonyl (C=O) groups is 2. The molecular formula is C17H21NO5. The third-order valence-corrected chi connectivity index (χ3v) is 4.87. The molecule has 1 aliphatic heterocycles. The molecule has 0 saturated carbocycles. The van der Waals surface area contributed by atoms with Crippen molar-refractivity contribution in [1.29, 1.82) is 0 Å². The van der Waals surface area contributed by atoms with Crippen LogP contribution in [0.25, 0.3) is 0 Å². The summed E-state index contributed by atoms with van der Waals surface area (Å²) >= 11 is 0. The van der Waals surface area contributed by atoms with Crippen molar-refractivity contribution in [3.63, 3.8) is 0 Å². The summed E-state index contributed by atoms with van der Waals surface area (Å²) in [7, 11) is 1.76. The lowest BCUT2D eigenvalue weighted by molar-refractivity contribution is -0.122. The molecule has 3 aliphatic rings. The highest BCUT2D eigenvalue weighted by Crippen LogP contribution is 2.48. The van der Waals surface area contributed by atoms with E-state index in [1.807, 2.05) is 0 Å². The van der Waals surface area contributed by atoms with E-state index >= 15 is 0 Å². The molecule has 0 unspecified atom stereocenters. The number of fused-ring (bicyclic) bond motifs is 1. The Bertz CT molecular complexity index is 647. The summed E-state index contributed by atoms with van der Waals surface area (Å²) in [6.45, 7) is 2.58. The Morgan fingerprint density at radius 1 is 1.39 bits per heavy atom. The van der Waals surface area contributed by atoms with Crippen LogP contribution in [0.1, 0.15) is 19.8 Å². The summed E-state index contributed by atoms with van der Waals surface area (Å²) in [6.07, 6.45) is 3.51. The van der Waals surface area contributed by atoms with Crippen LogP contribution < -0.4 is 0 Å². The van der Waals surface area contributed by atoms with E-state index in [9.17, 15) is 19.8 Å². The van der Waals surface area contributed by atoms with Gasteiger partial charge >= 0.3 is 0 Å². The van der Waals surface area contributed by atoms with Crippen LogP contribution >= 0.6 is 0 Å². The van der Waals surface area contributed by atoms with Gasteiger partial charge in [0, 0.05) is 37.1 Å². The number of nitrogens with zero attached hydrogens (tertiary/aromatic N) is 1. The molecule has 0 saturated heterocycles. The molecule has 0 aromatic rings. The summed E-state index contributed by atoms with van der Waals surface area (Å²) in [5.41, 5.74) is -0.326. The van der Waals surface area contributed by atoms with Crippen molar-refractivity contribution in [2.75, 3.05) is 20.2 Å². The summed E-state index contributed by atoms with van der Waals surface area (Å²) < 4.78 is 5.32. The Morgan fingerprint density at radius 2 is 2.13 bits per heavy atom. The SMILES string of the molecule is CCOC1=CC(=O)C2=C(C1=O)[C@@]1(C=C[C@H](O)C[C@@H]1O)CCN2C. The Hall–Kier alpha value is -1.92. The van der Waals surface area contributed by atoms with Crippen LogP contribution in [0.5, 0.6) is 0 Å². The fourth-order valence-electron chi connectivity index (χ4n) is 3.68. The molecule has 23 heavy (non-hydrogen) atoms. The van der Waals surface area contributed by atoms with E-state index in [1.54, 1.807) is 31.0 Å². The van der Waals surface area contributed by atoms with E-state index in [4.69, 9.17) is 4.74 Å². The van der Waals surface area contributed by atoms with Gasteiger partial charge in [-0.25, -0.2) is 0 Å². The first-order valence-corrected chi connectivity index (χ1v) is 7.85. The van der Waals surface area contributed by atoms with Gasteiger partial charge in [0.1, 0.15) is 0 Å². The Morgan fingerprint density at radius 3 is 2.78 bits per heavy atom. The highest BCUT2D eigenvalue weighted by Gasteiger charge is 2.51. The second-order valence-electron chi connectivity index (χ2n) is 6.25. The van der Waals surface area contributed by atoms with Gasteiger partial charge in [-0.1, -0.05) is 12.2 Å². The van der Waals surface area contributed by atoms with Gasteiger partial charge in [-0.3, -0.25) is 9.59 Å². The lowest BCUT2D eigenvalue weighted by Crippen LogP contribution is -2.51. The van der Waals surface area contributed by atoms with E-state index < -0.39 is 17.6 Å². The number of ether oxygens (including phenoxy) is 1. The van der Waals surface area contributed by atoms with Gasteiger partial charge in [0.05, 0.1) is 24.5 Å². The predicted molar refractivity (Wildman–Crippen MR) is 82.2 cm³/mol. The first kappa shape index (κ1) is 16.0. The van der Waals surface area contributed by atoms with Crippen LogP contribution in [0.2, 0.25) is 0 Å². The van der Waals surface area contributed by atoms with Crippen LogP contribution in [0.4, 0.5) is 0 Å². The van der Waals surface area contributed by atoms with Crippen molar-refractivity contribution < 1.29 is 24.5 Å². The largest absolute Gasteiger partial charge is 0.490 e. The van der Waals surface area contributed by atoms with E-state index in [-0.39, 0.29) is 35.9 Å². The van der Waals surface area contributed by atoms with E-state index in [0.29, 0.717) is 18.7 Å². The predicted octanol–water partition coefficient (Wildman–Crippen LogP) is 0.316. The monoisotopic (exact) mass is 319 g/mol. The minimum atomic E-state index is -0.940. The number of aliphatic hydroxyl groups is 2. The Kier molecular flexibility index (Phi) is 3.90. The first-order valence-electron chi connectivity index (χ1n) is 7.85. The van der Waals surface area contributed by atoms with Gasteiger partial charge in [0.25, 0.3) is 0 Å². The van der Waals surface area contributed by atoms with Crippen LogP contribution in [-0.4, -0.2) is 59.1 Å². The number of Topliss-reactive ketones (excluding diaryl/α,β-unsaturated/α-hetero) is 1. The molecule has 3 rings (SSSR count). The van der Waals surface area contributed by atoms with Crippen molar-refractivity contribution in [1.82, 2.24) is 4.90 Å². The highest BCUT2D eigenvalue weighted by molar-refractivity contribution is 6.22. The summed E-state index contributed by atoms with van der Waals surface area (Å²) in [4.78, 5) is 27.2. The third-order valence-electron chi connectivity index (χ3n) is 4.87. The molecule has 2 N–H and O–H groups in total. The van der Waals surface area contributed by atoms with Gasteiger partial charge in [0.2, 0.25) is 11.6 Å². The molecule has 0 radical (unpaired) electrons.